The minimum atomic E-state index is -4.69. The summed E-state index contributed by atoms with van der Waals surface area (Å²) >= 11 is 0. The van der Waals surface area contributed by atoms with Gasteiger partial charge in [0.05, 0.1) is 36.5 Å². The molecule has 1 aliphatic rings. The molecule has 2 aromatic rings. The number of hydrogen-bond donors (Lipinski definition) is 1. The molecule has 2 aromatic heterocycles. The van der Waals surface area contributed by atoms with E-state index >= 15 is 0 Å². The van der Waals surface area contributed by atoms with Crippen LogP contribution in [0.25, 0.3) is 11.3 Å². The summed E-state index contributed by atoms with van der Waals surface area (Å²) in [5, 5.41) is 7.03. The first-order valence-electron chi connectivity index (χ1n) is 8.51. The number of halogens is 4. The van der Waals surface area contributed by atoms with Crippen LogP contribution in [0.5, 0.6) is 0 Å². The number of pyridine rings is 1. The molecule has 0 radical (unpaired) electrons. The van der Waals surface area contributed by atoms with Crippen molar-refractivity contribution in [1.82, 2.24) is 20.1 Å². The predicted molar refractivity (Wildman–Crippen MR) is 91.3 cm³/mol. The first-order chi connectivity index (χ1) is 13.2. The number of carbonyl (C=O) groups excluding carboxylic acids is 1. The zero-order valence-electron chi connectivity index (χ0n) is 15.0. The molecule has 1 aliphatic heterocycles. The van der Waals surface area contributed by atoms with Crippen molar-refractivity contribution in [2.75, 3.05) is 7.11 Å². The van der Waals surface area contributed by atoms with Crippen molar-refractivity contribution >= 4 is 5.91 Å². The quantitative estimate of drug-likeness (QED) is 0.596. The number of rotatable bonds is 6. The Bertz CT molecular complexity index is 907. The fraction of sp³-hybridized carbons (Fsp3) is 0.389. The van der Waals surface area contributed by atoms with Crippen molar-refractivity contribution in [2.45, 2.75) is 38.0 Å². The molecular weight excluding hydrogens is 380 g/mol. The largest absolute Gasteiger partial charge is 0.502 e. The van der Waals surface area contributed by atoms with Gasteiger partial charge in [0.25, 0.3) is 0 Å². The number of allylic oxidation sites excluding steroid dienone is 1. The van der Waals surface area contributed by atoms with Crippen LogP contribution in [0.15, 0.2) is 30.7 Å². The third-order valence-electron chi connectivity index (χ3n) is 4.47. The van der Waals surface area contributed by atoms with Gasteiger partial charge in [-0.1, -0.05) is 6.58 Å². The monoisotopic (exact) mass is 398 g/mol. The average Bonchev–Trinajstić information content (AvgIpc) is 3.21. The Morgan fingerprint density at radius 3 is 2.82 bits per heavy atom. The van der Waals surface area contributed by atoms with Crippen molar-refractivity contribution in [2.24, 2.45) is 0 Å². The fourth-order valence-electron chi connectivity index (χ4n) is 2.98. The van der Waals surface area contributed by atoms with Crippen molar-refractivity contribution < 1.29 is 27.1 Å². The molecule has 150 valence electrons. The molecule has 3 rings (SSSR count). The molecule has 1 atom stereocenters. The highest BCUT2D eigenvalue weighted by Gasteiger charge is 2.34. The Balaban J connectivity index is 1.78. The van der Waals surface area contributed by atoms with E-state index in [-0.39, 0.29) is 29.6 Å². The highest BCUT2D eigenvalue weighted by molar-refractivity contribution is 5.76. The first-order valence-corrected chi connectivity index (χ1v) is 8.51. The van der Waals surface area contributed by atoms with Crippen LogP contribution in [0.1, 0.15) is 36.7 Å². The van der Waals surface area contributed by atoms with Crippen molar-refractivity contribution in [3.05, 3.63) is 47.9 Å². The van der Waals surface area contributed by atoms with Crippen LogP contribution in [-0.2, 0) is 22.3 Å². The van der Waals surface area contributed by atoms with E-state index in [1.165, 1.54) is 13.2 Å². The van der Waals surface area contributed by atoms with Gasteiger partial charge in [-0.05, 0) is 18.6 Å². The summed E-state index contributed by atoms with van der Waals surface area (Å²) < 4.78 is 59.1. The molecule has 1 amide bonds. The topological polar surface area (TPSA) is 69.0 Å². The molecule has 0 aliphatic carbocycles. The van der Waals surface area contributed by atoms with E-state index in [1.54, 1.807) is 4.68 Å². The number of aromatic nitrogens is 3. The number of methoxy groups -OCH3 is 1. The van der Waals surface area contributed by atoms with Crippen LogP contribution < -0.4 is 5.32 Å². The Kier molecular flexibility index (Phi) is 5.39. The van der Waals surface area contributed by atoms with Crippen LogP contribution in [0.2, 0.25) is 0 Å². The van der Waals surface area contributed by atoms with Gasteiger partial charge in [-0.2, -0.15) is 18.3 Å². The van der Waals surface area contributed by atoms with Crippen molar-refractivity contribution in [1.29, 1.82) is 0 Å². The van der Waals surface area contributed by atoms with Crippen LogP contribution in [0, 0.1) is 5.82 Å². The average molecular weight is 398 g/mol. The van der Waals surface area contributed by atoms with Gasteiger partial charge < -0.3 is 10.1 Å². The molecule has 1 unspecified atom stereocenters. The second-order valence-corrected chi connectivity index (χ2v) is 6.38. The number of alkyl halides is 3. The molecule has 0 fully saturated rings. The number of aryl methyl sites for hydroxylation is 1. The standard InChI is InChI=1S/C18H18F4N4O2/c1-10(28-2)3-4-17(27)24-13-5-6-26-15(13)8-14(25-26)11-7-16(18(20,21)22)23-9-12(11)19/h7-9,13H,1,3-6H2,2H3,(H,24,27). The summed E-state index contributed by atoms with van der Waals surface area (Å²) in [6, 6.07) is 1.78. The van der Waals surface area contributed by atoms with E-state index in [0.29, 0.717) is 43.1 Å². The lowest BCUT2D eigenvalue weighted by molar-refractivity contribution is -0.141. The third-order valence-corrected chi connectivity index (χ3v) is 4.47. The van der Waals surface area contributed by atoms with Gasteiger partial charge in [-0.25, -0.2) is 9.37 Å². The maximum absolute atomic E-state index is 14.1. The van der Waals surface area contributed by atoms with E-state index < -0.39 is 17.7 Å². The SMILES string of the molecule is C=C(CCC(=O)NC1CCn2nc(-c3cc(C(F)(F)F)ncc3F)cc21)OC. The summed E-state index contributed by atoms with van der Waals surface area (Å²) in [5.74, 6) is -0.625. The Hall–Kier alpha value is -2.91. The van der Waals surface area contributed by atoms with Gasteiger partial charge in [0.2, 0.25) is 5.91 Å². The maximum Gasteiger partial charge on any atom is 0.433 e. The van der Waals surface area contributed by atoms with Gasteiger partial charge in [0, 0.05) is 24.9 Å². The summed E-state index contributed by atoms with van der Waals surface area (Å²) in [6.07, 6.45) is -3.00. The summed E-state index contributed by atoms with van der Waals surface area (Å²) in [5.41, 5.74) is -0.809. The number of amides is 1. The number of ether oxygens (including phenoxy) is 1. The molecule has 10 heteroatoms. The predicted octanol–water partition coefficient (Wildman–Crippen LogP) is 3.60. The molecule has 0 aromatic carbocycles. The molecule has 0 bridgehead atoms. The lowest BCUT2D eigenvalue weighted by Gasteiger charge is -2.12. The Labute approximate surface area is 158 Å². The van der Waals surface area contributed by atoms with Crippen LogP contribution in [0.3, 0.4) is 0 Å². The summed E-state index contributed by atoms with van der Waals surface area (Å²) in [7, 11) is 1.47. The molecule has 0 saturated carbocycles. The first kappa shape index (κ1) is 19.8. The lowest BCUT2D eigenvalue weighted by atomic mass is 10.1. The van der Waals surface area contributed by atoms with Crippen LogP contribution in [-0.4, -0.2) is 27.8 Å². The van der Waals surface area contributed by atoms with Crippen LogP contribution in [0.4, 0.5) is 17.6 Å². The fourth-order valence-corrected chi connectivity index (χ4v) is 2.98. The van der Waals surface area contributed by atoms with Crippen molar-refractivity contribution in [3.63, 3.8) is 0 Å². The van der Waals surface area contributed by atoms with Crippen LogP contribution >= 0.6 is 0 Å². The molecule has 3 heterocycles. The minimum Gasteiger partial charge on any atom is -0.502 e. The maximum atomic E-state index is 14.1. The highest BCUT2D eigenvalue weighted by Crippen LogP contribution is 2.34. The van der Waals surface area contributed by atoms with Gasteiger partial charge in [0.1, 0.15) is 5.69 Å². The van der Waals surface area contributed by atoms with E-state index in [0.717, 1.165) is 0 Å². The van der Waals surface area contributed by atoms with E-state index in [9.17, 15) is 22.4 Å². The number of hydrogen-bond acceptors (Lipinski definition) is 4. The zero-order valence-corrected chi connectivity index (χ0v) is 15.0. The van der Waals surface area contributed by atoms with E-state index in [1.807, 2.05) is 0 Å². The number of nitrogens with zero attached hydrogens (tertiary/aromatic N) is 3. The Morgan fingerprint density at radius 2 is 2.14 bits per heavy atom. The number of carbonyl (C=O) groups is 1. The lowest BCUT2D eigenvalue weighted by Crippen LogP contribution is -2.27. The highest BCUT2D eigenvalue weighted by atomic mass is 19.4. The summed E-state index contributed by atoms with van der Waals surface area (Å²) in [6.45, 7) is 4.11. The second kappa shape index (κ2) is 7.61. The normalized spacial score (nSPS) is 16.0. The van der Waals surface area contributed by atoms with Gasteiger partial charge in [-0.3, -0.25) is 9.48 Å². The van der Waals surface area contributed by atoms with E-state index in [4.69, 9.17) is 4.74 Å². The van der Waals surface area contributed by atoms with Gasteiger partial charge in [-0.15, -0.1) is 0 Å². The number of nitrogens with one attached hydrogen (secondary N) is 1. The minimum absolute atomic E-state index is 0.0621. The zero-order chi connectivity index (χ0) is 20.5. The molecule has 0 spiro atoms. The molecule has 1 N–H and O–H groups in total. The molecule has 0 saturated heterocycles. The van der Waals surface area contributed by atoms with Gasteiger partial charge in [0.15, 0.2) is 5.82 Å². The molecular formula is C18H18F4N4O2. The molecule has 6 nitrogen and oxygen atoms in total. The second-order valence-electron chi connectivity index (χ2n) is 6.38. The van der Waals surface area contributed by atoms with Gasteiger partial charge >= 0.3 is 6.18 Å². The number of fused-ring (bicyclic) bond motifs is 1. The smallest absolute Gasteiger partial charge is 0.433 e. The van der Waals surface area contributed by atoms with Crippen molar-refractivity contribution in [3.8, 4) is 11.3 Å². The third kappa shape index (κ3) is 4.15. The summed E-state index contributed by atoms with van der Waals surface area (Å²) in [4.78, 5) is 15.2. The Morgan fingerprint density at radius 1 is 1.39 bits per heavy atom. The van der Waals surface area contributed by atoms with E-state index in [2.05, 4.69) is 22.0 Å². The molecule has 28 heavy (non-hydrogen) atoms.